The first-order chi connectivity index (χ1) is 14.3. The number of rotatable bonds is 4. The van der Waals surface area contributed by atoms with Gasteiger partial charge in [0.25, 0.3) is 5.91 Å². The summed E-state index contributed by atoms with van der Waals surface area (Å²) < 4.78 is 5.60. The molecule has 0 radical (unpaired) electrons. The Kier molecular flexibility index (Phi) is 4.93. The molecule has 1 aliphatic carbocycles. The molecule has 1 aliphatic heterocycles. The molecule has 0 unspecified atom stereocenters. The van der Waals surface area contributed by atoms with Gasteiger partial charge in [-0.05, 0) is 50.7 Å². The first-order valence-electron chi connectivity index (χ1n) is 9.98. The average molecular weight is 409 g/mol. The van der Waals surface area contributed by atoms with Gasteiger partial charge in [-0.25, -0.2) is 10.2 Å². The van der Waals surface area contributed by atoms with Crippen LogP contribution in [0.25, 0.3) is 11.3 Å². The Morgan fingerprint density at radius 1 is 1.10 bits per heavy atom. The predicted molar refractivity (Wildman–Crippen MR) is 107 cm³/mol. The summed E-state index contributed by atoms with van der Waals surface area (Å²) in [5.41, 5.74) is 2.71. The maximum absolute atomic E-state index is 12.8. The van der Waals surface area contributed by atoms with Crippen molar-refractivity contribution in [2.24, 2.45) is 5.92 Å². The molecule has 2 aromatic rings. The average Bonchev–Trinajstić information content (AvgIpc) is 3.30. The van der Waals surface area contributed by atoms with Crippen LogP contribution in [-0.4, -0.2) is 34.2 Å². The van der Waals surface area contributed by atoms with Crippen LogP contribution in [0.5, 0.6) is 0 Å². The standard InChI is InChI=1S/C22H23N3O5/c1-13-9-11-22(12-10-13)20(28)25(21(29)23-22)24-19(27)18-8-7-17(30-18)16-5-3-15(4-6-16)14(2)26/h3-8,13H,9-12H2,1-2H3,(H,23,29)(H,24,27). The Bertz CT molecular complexity index is 1020. The van der Waals surface area contributed by atoms with Crippen LogP contribution in [0.15, 0.2) is 40.8 Å². The Hall–Kier alpha value is -3.42. The van der Waals surface area contributed by atoms with Crippen LogP contribution in [-0.2, 0) is 4.79 Å². The lowest BCUT2D eigenvalue weighted by molar-refractivity contribution is -0.134. The van der Waals surface area contributed by atoms with Gasteiger partial charge in [-0.2, -0.15) is 5.01 Å². The fraction of sp³-hybridized carbons (Fsp3) is 0.364. The van der Waals surface area contributed by atoms with E-state index in [4.69, 9.17) is 4.42 Å². The first-order valence-corrected chi connectivity index (χ1v) is 9.98. The summed E-state index contributed by atoms with van der Waals surface area (Å²) in [6, 6.07) is 9.27. The van der Waals surface area contributed by atoms with E-state index in [-0.39, 0.29) is 11.5 Å². The van der Waals surface area contributed by atoms with Gasteiger partial charge in [0.2, 0.25) is 0 Å². The minimum atomic E-state index is -0.927. The van der Waals surface area contributed by atoms with Gasteiger partial charge in [0.05, 0.1) is 0 Å². The molecule has 4 amide bonds. The van der Waals surface area contributed by atoms with Crippen molar-refractivity contribution in [2.45, 2.75) is 45.1 Å². The predicted octanol–water partition coefficient (Wildman–Crippen LogP) is 3.29. The number of nitrogens with one attached hydrogen (secondary N) is 2. The number of urea groups is 1. The maximum Gasteiger partial charge on any atom is 0.344 e. The van der Waals surface area contributed by atoms with Crippen LogP contribution in [0.2, 0.25) is 0 Å². The highest BCUT2D eigenvalue weighted by Gasteiger charge is 2.53. The van der Waals surface area contributed by atoms with Crippen molar-refractivity contribution in [2.75, 3.05) is 0 Å². The molecule has 1 aromatic carbocycles. The normalized spacial score (nSPS) is 23.5. The number of hydrazine groups is 1. The van der Waals surface area contributed by atoms with E-state index in [0.717, 1.165) is 17.9 Å². The summed E-state index contributed by atoms with van der Waals surface area (Å²) in [6.45, 7) is 3.61. The summed E-state index contributed by atoms with van der Waals surface area (Å²) in [7, 11) is 0. The molecule has 1 saturated heterocycles. The van der Waals surface area contributed by atoms with Crippen molar-refractivity contribution in [3.05, 3.63) is 47.7 Å². The lowest BCUT2D eigenvalue weighted by Crippen LogP contribution is -2.51. The van der Waals surface area contributed by atoms with Gasteiger partial charge in [0.1, 0.15) is 11.3 Å². The third-order valence-corrected chi connectivity index (χ3v) is 5.91. The zero-order valence-corrected chi connectivity index (χ0v) is 16.9. The highest BCUT2D eigenvalue weighted by molar-refractivity contribution is 6.09. The number of hydrogen-bond donors (Lipinski definition) is 2. The smallest absolute Gasteiger partial charge is 0.344 e. The molecule has 156 valence electrons. The van der Waals surface area contributed by atoms with Gasteiger partial charge in [-0.3, -0.25) is 14.4 Å². The van der Waals surface area contributed by atoms with Crippen LogP contribution in [0.1, 0.15) is 60.4 Å². The number of imide groups is 1. The monoisotopic (exact) mass is 409 g/mol. The van der Waals surface area contributed by atoms with E-state index in [1.807, 2.05) is 0 Å². The number of carbonyl (C=O) groups excluding carboxylic acids is 4. The first kappa shape index (κ1) is 19.9. The van der Waals surface area contributed by atoms with Gasteiger partial charge >= 0.3 is 11.9 Å². The zero-order valence-electron chi connectivity index (χ0n) is 16.9. The van der Waals surface area contributed by atoms with Crippen molar-refractivity contribution in [1.82, 2.24) is 15.8 Å². The second kappa shape index (κ2) is 7.44. The molecule has 2 N–H and O–H groups in total. The highest BCUT2D eigenvalue weighted by atomic mass is 16.4. The Morgan fingerprint density at radius 2 is 1.77 bits per heavy atom. The van der Waals surface area contributed by atoms with Crippen LogP contribution in [0.3, 0.4) is 0 Å². The van der Waals surface area contributed by atoms with E-state index in [1.54, 1.807) is 30.3 Å². The van der Waals surface area contributed by atoms with Crippen LogP contribution >= 0.6 is 0 Å². The number of hydrogen-bond acceptors (Lipinski definition) is 5. The fourth-order valence-electron chi connectivity index (χ4n) is 3.96. The minimum absolute atomic E-state index is 0.0283. The lowest BCUT2D eigenvalue weighted by atomic mass is 9.77. The van der Waals surface area contributed by atoms with E-state index < -0.39 is 23.4 Å². The fourth-order valence-corrected chi connectivity index (χ4v) is 3.96. The molecule has 1 saturated carbocycles. The second-order valence-electron chi connectivity index (χ2n) is 8.07. The maximum atomic E-state index is 12.8. The van der Waals surface area contributed by atoms with E-state index >= 15 is 0 Å². The number of furan rings is 1. The molecule has 4 rings (SSSR count). The van der Waals surface area contributed by atoms with Crippen molar-refractivity contribution < 1.29 is 23.6 Å². The van der Waals surface area contributed by atoms with Gasteiger partial charge in [0, 0.05) is 11.1 Å². The van der Waals surface area contributed by atoms with Crippen molar-refractivity contribution in [3.63, 3.8) is 0 Å². The van der Waals surface area contributed by atoms with Crippen molar-refractivity contribution in [3.8, 4) is 11.3 Å². The van der Waals surface area contributed by atoms with E-state index in [1.165, 1.54) is 13.0 Å². The highest BCUT2D eigenvalue weighted by Crippen LogP contribution is 2.35. The number of benzene rings is 1. The quantitative estimate of drug-likeness (QED) is 0.595. The minimum Gasteiger partial charge on any atom is -0.451 e. The topological polar surface area (TPSA) is 109 Å². The Morgan fingerprint density at radius 3 is 2.40 bits per heavy atom. The molecule has 1 spiro atoms. The third-order valence-electron chi connectivity index (χ3n) is 5.91. The SMILES string of the molecule is CC(=O)c1ccc(-c2ccc(C(=O)NN3C(=O)NC4(CCC(C)CC4)C3=O)o2)cc1. The molecular weight excluding hydrogens is 386 g/mol. The number of nitrogens with zero attached hydrogens (tertiary/aromatic N) is 1. The third kappa shape index (κ3) is 3.49. The molecule has 2 heterocycles. The van der Waals surface area contributed by atoms with E-state index in [9.17, 15) is 19.2 Å². The number of carbonyl (C=O) groups is 4. The zero-order chi connectivity index (χ0) is 21.5. The van der Waals surface area contributed by atoms with Crippen LogP contribution < -0.4 is 10.7 Å². The molecule has 8 heteroatoms. The molecule has 1 aromatic heterocycles. The molecular formula is C22H23N3O5. The summed E-state index contributed by atoms with van der Waals surface area (Å²) >= 11 is 0. The van der Waals surface area contributed by atoms with Gasteiger partial charge in [-0.1, -0.05) is 31.2 Å². The Balaban J connectivity index is 1.46. The van der Waals surface area contributed by atoms with E-state index in [0.29, 0.717) is 35.6 Å². The largest absolute Gasteiger partial charge is 0.451 e. The molecule has 0 bridgehead atoms. The number of amides is 4. The number of Topliss-reactive ketones (excluding diaryl/α,β-unsaturated/α-hetero) is 1. The summed E-state index contributed by atoms with van der Waals surface area (Å²) in [6.07, 6.45) is 2.81. The van der Waals surface area contributed by atoms with Crippen LogP contribution in [0, 0.1) is 5.92 Å². The molecule has 8 nitrogen and oxygen atoms in total. The summed E-state index contributed by atoms with van der Waals surface area (Å²) in [5.74, 6) is -0.245. The van der Waals surface area contributed by atoms with E-state index in [2.05, 4.69) is 17.7 Å². The van der Waals surface area contributed by atoms with Gasteiger partial charge in [0.15, 0.2) is 11.5 Å². The molecule has 2 aliphatic rings. The van der Waals surface area contributed by atoms with Gasteiger partial charge in [-0.15, -0.1) is 0 Å². The van der Waals surface area contributed by atoms with Gasteiger partial charge < -0.3 is 9.73 Å². The van der Waals surface area contributed by atoms with Crippen molar-refractivity contribution >= 4 is 23.6 Å². The van der Waals surface area contributed by atoms with Crippen molar-refractivity contribution in [1.29, 1.82) is 0 Å². The molecule has 30 heavy (non-hydrogen) atoms. The molecule has 0 atom stereocenters. The molecule has 2 fully saturated rings. The summed E-state index contributed by atoms with van der Waals surface area (Å²) in [5, 5.41) is 3.51. The second-order valence-corrected chi connectivity index (χ2v) is 8.07. The van der Waals surface area contributed by atoms with Crippen LogP contribution in [0.4, 0.5) is 4.79 Å². The Labute approximate surface area is 173 Å². The summed E-state index contributed by atoms with van der Waals surface area (Å²) in [4.78, 5) is 49.2. The number of ketones is 1. The lowest BCUT2D eigenvalue weighted by Gasteiger charge is -2.33.